The second-order valence-electron chi connectivity index (χ2n) is 11.7. The van der Waals surface area contributed by atoms with Gasteiger partial charge in [0, 0.05) is 91.2 Å². The first-order valence-electron chi connectivity index (χ1n) is 14.6. The van der Waals surface area contributed by atoms with Gasteiger partial charge in [-0.1, -0.05) is 18.7 Å². The van der Waals surface area contributed by atoms with Crippen molar-refractivity contribution >= 4 is 50.6 Å². The van der Waals surface area contributed by atoms with Crippen LogP contribution in [-0.4, -0.2) is 101 Å². The second-order valence-corrected chi connectivity index (χ2v) is 14.2. The molecule has 1 N–H and O–H groups in total. The molecule has 0 amide bonds. The van der Waals surface area contributed by atoms with Gasteiger partial charge in [0.05, 0.1) is 0 Å². The summed E-state index contributed by atoms with van der Waals surface area (Å²) in [5, 5.41) is 3.39. The van der Waals surface area contributed by atoms with Crippen molar-refractivity contribution in [3.63, 3.8) is 0 Å². The van der Waals surface area contributed by atoms with E-state index in [1.807, 2.05) is 12.1 Å². The third kappa shape index (κ3) is 8.27. The molecular formula is C31H43N9OS. The van der Waals surface area contributed by atoms with E-state index in [0.29, 0.717) is 23.5 Å². The largest absolute Gasteiger partial charge is 0.369 e. The first-order chi connectivity index (χ1) is 20.2. The van der Waals surface area contributed by atoms with Crippen LogP contribution >= 0.6 is 0 Å². The molecule has 1 aliphatic carbocycles. The minimum absolute atomic E-state index is 0.450. The Kier molecular flexibility index (Phi) is 9.40. The molecule has 2 fully saturated rings. The zero-order valence-corrected chi connectivity index (χ0v) is 26.1. The topological polar surface area (TPSA) is 93.1 Å². The van der Waals surface area contributed by atoms with E-state index in [9.17, 15) is 4.21 Å². The third-order valence-electron chi connectivity index (χ3n) is 7.44. The molecule has 11 heteroatoms. The first-order valence-corrected chi connectivity index (χ1v) is 16.9. The van der Waals surface area contributed by atoms with Crippen LogP contribution in [0.2, 0.25) is 0 Å². The van der Waals surface area contributed by atoms with E-state index < -0.39 is 9.73 Å². The van der Waals surface area contributed by atoms with Gasteiger partial charge in [0.25, 0.3) is 0 Å². The molecule has 42 heavy (non-hydrogen) atoms. The number of nitrogens with one attached hydrogen (secondary N) is 1. The fourth-order valence-electron chi connectivity index (χ4n) is 4.94. The molecule has 224 valence electrons. The maximum Gasteiger partial charge on any atom is 0.229 e. The summed E-state index contributed by atoms with van der Waals surface area (Å²) in [5.74, 6) is 2.97. The molecule has 1 saturated heterocycles. The molecular weight excluding hydrogens is 546 g/mol. The lowest BCUT2D eigenvalue weighted by atomic mass is 10.2. The maximum atomic E-state index is 12.3. The molecule has 2 aromatic heterocycles. The molecule has 1 saturated carbocycles. The average Bonchev–Trinajstić information content (AvgIpc) is 3.79. The van der Waals surface area contributed by atoms with Crippen molar-refractivity contribution in [2.45, 2.75) is 12.8 Å². The zero-order chi connectivity index (χ0) is 29.7. The normalized spacial score (nSPS) is 16.0. The van der Waals surface area contributed by atoms with Gasteiger partial charge < -0.3 is 20.0 Å². The van der Waals surface area contributed by atoms with Gasteiger partial charge >= 0.3 is 0 Å². The number of piperazine rings is 1. The SMILES string of the molecule is C=Cc1cnc(Nc2ccc(N3CCN(CCN(C)C)CC3)cc2)nc1N(CC1CC1)c1cccc(N=S(C)(C)=O)n1. The molecule has 2 aliphatic rings. The number of rotatable bonds is 12. The van der Waals surface area contributed by atoms with Gasteiger partial charge in [-0.25, -0.2) is 14.2 Å². The quantitative estimate of drug-likeness (QED) is 0.318. The summed E-state index contributed by atoms with van der Waals surface area (Å²) >= 11 is 0. The Morgan fingerprint density at radius 3 is 2.45 bits per heavy atom. The second kappa shape index (κ2) is 13.2. The summed E-state index contributed by atoms with van der Waals surface area (Å²) in [4.78, 5) is 23.6. The highest BCUT2D eigenvalue weighted by Gasteiger charge is 2.28. The molecule has 0 spiro atoms. The highest BCUT2D eigenvalue weighted by Crippen LogP contribution is 2.36. The fraction of sp³-hybridized carbons (Fsp3) is 0.452. The molecule has 3 heterocycles. The van der Waals surface area contributed by atoms with Gasteiger partial charge in [-0.2, -0.15) is 9.35 Å². The standard InChI is InChI=1S/C31H43N9OS/c1-6-25-22-32-31(33-26-12-14-27(15-13-26)39-20-18-38(19-21-39)17-16-37(2)3)35-30(25)40(23-24-10-11-24)29-9-7-8-28(34-29)36-42(4,5)41/h6-9,12-15,22,24H,1,10-11,16-21,23H2,2-5H3,(H,32,33,35). The number of benzene rings is 1. The van der Waals surface area contributed by atoms with Gasteiger partial charge in [0.2, 0.25) is 5.95 Å². The van der Waals surface area contributed by atoms with Crippen molar-refractivity contribution in [3.8, 4) is 0 Å². The Hall–Kier alpha value is -3.54. The van der Waals surface area contributed by atoms with E-state index in [4.69, 9.17) is 9.97 Å². The number of hydrogen-bond donors (Lipinski definition) is 1. The molecule has 3 aromatic rings. The molecule has 0 atom stereocenters. The lowest BCUT2D eigenvalue weighted by molar-refractivity contribution is 0.229. The number of aromatic nitrogens is 3. The minimum Gasteiger partial charge on any atom is -0.369 e. The van der Waals surface area contributed by atoms with E-state index in [0.717, 1.165) is 62.9 Å². The summed E-state index contributed by atoms with van der Waals surface area (Å²) in [6, 6.07) is 14.1. The van der Waals surface area contributed by atoms with Crippen molar-refractivity contribution in [3.05, 3.63) is 60.8 Å². The van der Waals surface area contributed by atoms with Gasteiger partial charge in [-0.05, 0) is 69.3 Å². The Morgan fingerprint density at radius 2 is 1.81 bits per heavy atom. The summed E-state index contributed by atoms with van der Waals surface area (Å²) in [5.41, 5.74) is 2.97. The maximum absolute atomic E-state index is 12.3. The number of likely N-dealkylation sites (N-methyl/N-ethyl adjacent to an activating group) is 1. The monoisotopic (exact) mass is 589 g/mol. The lowest BCUT2D eigenvalue weighted by Gasteiger charge is -2.36. The van der Waals surface area contributed by atoms with Crippen molar-refractivity contribution < 1.29 is 4.21 Å². The van der Waals surface area contributed by atoms with Gasteiger partial charge in [0.15, 0.2) is 5.82 Å². The highest BCUT2D eigenvalue weighted by atomic mass is 32.2. The van der Waals surface area contributed by atoms with Crippen molar-refractivity contribution in [1.82, 2.24) is 24.8 Å². The van der Waals surface area contributed by atoms with Crippen LogP contribution in [0.5, 0.6) is 0 Å². The number of pyridine rings is 1. The summed E-state index contributed by atoms with van der Waals surface area (Å²) in [6.07, 6.45) is 9.14. The van der Waals surface area contributed by atoms with Crippen LogP contribution in [0.4, 0.5) is 34.8 Å². The zero-order valence-electron chi connectivity index (χ0n) is 25.2. The van der Waals surface area contributed by atoms with Gasteiger partial charge in [0.1, 0.15) is 11.6 Å². The van der Waals surface area contributed by atoms with Crippen molar-refractivity contribution in [2.24, 2.45) is 10.3 Å². The van der Waals surface area contributed by atoms with Crippen molar-refractivity contribution in [2.75, 3.05) is 87.5 Å². The highest BCUT2D eigenvalue weighted by molar-refractivity contribution is 7.92. The van der Waals surface area contributed by atoms with Crippen LogP contribution in [0.15, 0.2) is 59.6 Å². The van der Waals surface area contributed by atoms with Crippen molar-refractivity contribution in [1.29, 1.82) is 0 Å². The number of hydrogen-bond acceptors (Lipinski definition) is 10. The van der Waals surface area contributed by atoms with Crippen LogP contribution < -0.4 is 15.1 Å². The predicted octanol–water partition coefficient (Wildman–Crippen LogP) is 4.85. The predicted molar refractivity (Wildman–Crippen MR) is 175 cm³/mol. The molecule has 0 bridgehead atoms. The van der Waals surface area contributed by atoms with Crippen LogP contribution in [0.25, 0.3) is 6.08 Å². The van der Waals surface area contributed by atoms with E-state index >= 15 is 0 Å². The van der Waals surface area contributed by atoms with Gasteiger partial charge in [-0.15, -0.1) is 0 Å². The van der Waals surface area contributed by atoms with Gasteiger partial charge in [-0.3, -0.25) is 4.90 Å². The molecule has 0 unspecified atom stereocenters. The van der Waals surface area contributed by atoms with Crippen LogP contribution in [-0.2, 0) is 9.73 Å². The van der Waals surface area contributed by atoms with E-state index in [1.165, 1.54) is 18.5 Å². The van der Waals surface area contributed by atoms with E-state index in [1.54, 1.807) is 30.9 Å². The molecule has 10 nitrogen and oxygen atoms in total. The lowest BCUT2D eigenvalue weighted by Crippen LogP contribution is -2.48. The van der Waals surface area contributed by atoms with Crippen LogP contribution in [0.1, 0.15) is 18.4 Å². The number of anilines is 5. The average molecular weight is 590 g/mol. The minimum atomic E-state index is -2.33. The van der Waals surface area contributed by atoms with E-state index in [-0.39, 0.29) is 0 Å². The third-order valence-corrected chi connectivity index (χ3v) is 8.07. The first kappa shape index (κ1) is 29.9. The molecule has 0 radical (unpaired) electrons. The van der Waals surface area contributed by atoms with E-state index in [2.05, 4.69) is 79.2 Å². The van der Waals surface area contributed by atoms with Crippen LogP contribution in [0.3, 0.4) is 0 Å². The number of nitrogens with zero attached hydrogens (tertiary/aromatic N) is 8. The summed E-state index contributed by atoms with van der Waals surface area (Å²) < 4.78 is 16.6. The Balaban J connectivity index is 1.32. The molecule has 1 aromatic carbocycles. The Bertz CT molecular complexity index is 1480. The molecule has 1 aliphatic heterocycles. The summed E-state index contributed by atoms with van der Waals surface area (Å²) in [6.45, 7) is 11.2. The summed E-state index contributed by atoms with van der Waals surface area (Å²) in [7, 11) is 1.92. The molecule has 5 rings (SSSR count). The Morgan fingerprint density at radius 1 is 1.07 bits per heavy atom. The Labute approximate surface area is 250 Å². The smallest absolute Gasteiger partial charge is 0.229 e. The fourth-order valence-corrected chi connectivity index (χ4v) is 5.50. The van der Waals surface area contributed by atoms with Crippen LogP contribution in [0, 0.1) is 5.92 Å².